The summed E-state index contributed by atoms with van der Waals surface area (Å²) in [5, 5.41) is 6.13. The third-order valence-electron chi connectivity index (χ3n) is 4.88. The summed E-state index contributed by atoms with van der Waals surface area (Å²) in [6, 6.07) is 21.7. The second-order valence-corrected chi connectivity index (χ2v) is 6.67. The summed E-state index contributed by atoms with van der Waals surface area (Å²) >= 11 is 0. The van der Waals surface area contributed by atoms with Gasteiger partial charge in [0.15, 0.2) is 0 Å². The first kappa shape index (κ1) is 17.5. The van der Waals surface area contributed by atoms with Crippen molar-refractivity contribution in [1.82, 2.24) is 5.32 Å². The van der Waals surface area contributed by atoms with Gasteiger partial charge in [0.25, 0.3) is 0 Å². The molecule has 2 heteroatoms. The smallest absolute Gasteiger partial charge is 0.124 e. The maximum atomic E-state index is 6.24. The molecule has 0 heterocycles. The fraction of sp³-hybridized carbons (Fsp3) is 0.304. The molecule has 1 unspecified atom stereocenters. The predicted molar refractivity (Wildman–Crippen MR) is 106 cm³/mol. The summed E-state index contributed by atoms with van der Waals surface area (Å²) in [5.74, 6) is 0.970. The van der Waals surface area contributed by atoms with Crippen LogP contribution in [0.15, 0.2) is 60.7 Å². The van der Waals surface area contributed by atoms with Crippen LogP contribution in [0.3, 0.4) is 0 Å². The lowest BCUT2D eigenvalue weighted by Gasteiger charge is -2.18. The van der Waals surface area contributed by atoms with Crippen LogP contribution in [-0.2, 0) is 13.2 Å². The molecule has 0 bridgehead atoms. The Balaban J connectivity index is 1.89. The summed E-state index contributed by atoms with van der Waals surface area (Å²) in [5.41, 5.74) is 3.74. The van der Waals surface area contributed by atoms with E-state index < -0.39 is 0 Å². The number of aryl methyl sites for hydroxylation is 1. The van der Waals surface area contributed by atoms with E-state index in [-0.39, 0.29) is 0 Å². The van der Waals surface area contributed by atoms with E-state index in [1.807, 2.05) is 0 Å². The van der Waals surface area contributed by atoms with Crippen LogP contribution in [-0.4, -0.2) is 6.04 Å². The Morgan fingerprint density at radius 2 is 1.72 bits per heavy atom. The first-order chi connectivity index (χ1) is 12.2. The highest BCUT2D eigenvalue weighted by molar-refractivity contribution is 5.87. The number of rotatable bonds is 7. The van der Waals surface area contributed by atoms with Crippen LogP contribution in [0.2, 0.25) is 0 Å². The van der Waals surface area contributed by atoms with Crippen LogP contribution in [0, 0.1) is 6.92 Å². The second kappa shape index (κ2) is 8.17. The van der Waals surface area contributed by atoms with Crippen LogP contribution in [0.1, 0.15) is 37.0 Å². The molecule has 0 aliphatic rings. The van der Waals surface area contributed by atoms with Gasteiger partial charge in [0.1, 0.15) is 12.4 Å². The van der Waals surface area contributed by atoms with Crippen molar-refractivity contribution in [2.75, 3.05) is 0 Å². The van der Waals surface area contributed by atoms with Gasteiger partial charge in [-0.05, 0) is 48.2 Å². The first-order valence-electron chi connectivity index (χ1n) is 9.10. The lowest BCUT2D eigenvalue weighted by Crippen LogP contribution is -2.24. The van der Waals surface area contributed by atoms with Crippen LogP contribution in [0.25, 0.3) is 10.8 Å². The molecule has 130 valence electrons. The zero-order valence-electron chi connectivity index (χ0n) is 15.4. The molecule has 3 aromatic carbocycles. The lowest BCUT2D eigenvalue weighted by molar-refractivity contribution is 0.301. The fourth-order valence-electron chi connectivity index (χ4n) is 2.98. The summed E-state index contributed by atoms with van der Waals surface area (Å²) in [7, 11) is 0. The van der Waals surface area contributed by atoms with Gasteiger partial charge in [-0.3, -0.25) is 0 Å². The van der Waals surface area contributed by atoms with E-state index in [4.69, 9.17) is 4.74 Å². The van der Waals surface area contributed by atoms with E-state index in [0.717, 1.165) is 18.7 Å². The van der Waals surface area contributed by atoms with Gasteiger partial charge in [-0.25, -0.2) is 0 Å². The van der Waals surface area contributed by atoms with Crippen LogP contribution in [0.5, 0.6) is 5.75 Å². The lowest BCUT2D eigenvalue weighted by atomic mass is 10.0. The average Bonchev–Trinajstić information content (AvgIpc) is 2.65. The summed E-state index contributed by atoms with van der Waals surface area (Å²) in [6.45, 7) is 7.97. The molecular weight excluding hydrogens is 306 g/mol. The normalized spacial score (nSPS) is 12.3. The van der Waals surface area contributed by atoms with Gasteiger partial charge >= 0.3 is 0 Å². The van der Waals surface area contributed by atoms with Crippen molar-refractivity contribution in [1.29, 1.82) is 0 Å². The van der Waals surface area contributed by atoms with Gasteiger partial charge < -0.3 is 10.1 Å². The Labute approximate surface area is 150 Å². The van der Waals surface area contributed by atoms with E-state index >= 15 is 0 Å². The standard InChI is InChI=1S/C23H27NO/c1-4-18(3)24-15-22-21-12-8-7-10-19(21)13-14-23(22)25-16-20-11-6-5-9-17(20)2/h5-14,18,24H,4,15-16H2,1-3H3. The predicted octanol–water partition coefficient (Wildman–Crippen LogP) is 5.62. The molecule has 0 saturated heterocycles. The summed E-state index contributed by atoms with van der Waals surface area (Å²) < 4.78 is 6.24. The zero-order chi connectivity index (χ0) is 17.6. The second-order valence-electron chi connectivity index (χ2n) is 6.67. The topological polar surface area (TPSA) is 21.3 Å². The van der Waals surface area contributed by atoms with Gasteiger partial charge in [-0.1, -0.05) is 61.5 Å². The summed E-state index contributed by atoms with van der Waals surface area (Å²) in [4.78, 5) is 0. The van der Waals surface area contributed by atoms with Crippen molar-refractivity contribution in [2.24, 2.45) is 0 Å². The van der Waals surface area contributed by atoms with E-state index in [9.17, 15) is 0 Å². The van der Waals surface area contributed by atoms with Crippen molar-refractivity contribution in [2.45, 2.75) is 46.4 Å². The van der Waals surface area contributed by atoms with Gasteiger partial charge in [0.2, 0.25) is 0 Å². The monoisotopic (exact) mass is 333 g/mol. The van der Waals surface area contributed by atoms with E-state index in [0.29, 0.717) is 12.6 Å². The highest BCUT2D eigenvalue weighted by Gasteiger charge is 2.10. The SMILES string of the molecule is CCC(C)NCc1c(OCc2ccccc2C)ccc2ccccc12. The third-order valence-corrected chi connectivity index (χ3v) is 4.88. The minimum atomic E-state index is 0.489. The van der Waals surface area contributed by atoms with E-state index in [2.05, 4.69) is 86.8 Å². The fourth-order valence-corrected chi connectivity index (χ4v) is 2.98. The Hall–Kier alpha value is -2.32. The minimum absolute atomic E-state index is 0.489. The van der Waals surface area contributed by atoms with Gasteiger partial charge in [-0.2, -0.15) is 0 Å². The molecule has 3 aromatic rings. The number of hydrogen-bond donors (Lipinski definition) is 1. The molecule has 0 amide bonds. The van der Waals surface area contributed by atoms with Gasteiger partial charge in [-0.15, -0.1) is 0 Å². The largest absolute Gasteiger partial charge is 0.489 e. The molecule has 0 spiro atoms. The molecule has 1 atom stereocenters. The Kier molecular flexibility index (Phi) is 5.72. The van der Waals surface area contributed by atoms with Crippen LogP contribution in [0.4, 0.5) is 0 Å². The number of nitrogens with one attached hydrogen (secondary N) is 1. The Bertz CT molecular complexity index is 840. The molecule has 0 aromatic heterocycles. The van der Waals surface area contributed by atoms with Crippen molar-refractivity contribution < 1.29 is 4.74 Å². The maximum absolute atomic E-state index is 6.24. The molecule has 0 aliphatic carbocycles. The highest BCUT2D eigenvalue weighted by Crippen LogP contribution is 2.29. The summed E-state index contributed by atoms with van der Waals surface area (Å²) in [6.07, 6.45) is 1.12. The Morgan fingerprint density at radius 1 is 0.960 bits per heavy atom. The molecule has 1 N–H and O–H groups in total. The van der Waals surface area contributed by atoms with Gasteiger partial charge in [0.05, 0.1) is 0 Å². The average molecular weight is 333 g/mol. The molecule has 3 rings (SSSR count). The van der Waals surface area contributed by atoms with Crippen molar-refractivity contribution in [3.05, 3.63) is 77.4 Å². The van der Waals surface area contributed by atoms with E-state index in [1.165, 1.54) is 27.5 Å². The van der Waals surface area contributed by atoms with Gasteiger partial charge in [0, 0.05) is 18.2 Å². The number of hydrogen-bond acceptors (Lipinski definition) is 2. The van der Waals surface area contributed by atoms with Crippen LogP contribution < -0.4 is 10.1 Å². The number of ether oxygens (including phenoxy) is 1. The van der Waals surface area contributed by atoms with Crippen molar-refractivity contribution >= 4 is 10.8 Å². The molecule has 0 radical (unpaired) electrons. The molecule has 2 nitrogen and oxygen atoms in total. The number of fused-ring (bicyclic) bond motifs is 1. The minimum Gasteiger partial charge on any atom is -0.489 e. The highest BCUT2D eigenvalue weighted by atomic mass is 16.5. The first-order valence-corrected chi connectivity index (χ1v) is 9.10. The quantitative estimate of drug-likeness (QED) is 0.606. The van der Waals surface area contributed by atoms with E-state index in [1.54, 1.807) is 0 Å². The molecule has 0 fully saturated rings. The van der Waals surface area contributed by atoms with Crippen molar-refractivity contribution in [3.8, 4) is 5.75 Å². The third kappa shape index (κ3) is 4.21. The molecule has 0 aliphatic heterocycles. The molecule has 0 saturated carbocycles. The maximum Gasteiger partial charge on any atom is 0.124 e. The number of benzene rings is 3. The van der Waals surface area contributed by atoms with Crippen molar-refractivity contribution in [3.63, 3.8) is 0 Å². The molecular formula is C23H27NO. The zero-order valence-corrected chi connectivity index (χ0v) is 15.4. The Morgan fingerprint density at radius 3 is 2.52 bits per heavy atom. The molecule has 25 heavy (non-hydrogen) atoms. The van der Waals surface area contributed by atoms with Crippen LogP contribution >= 0.6 is 0 Å².